The Hall–Kier alpha value is -3.56. The molecular formula is C30H26N2O. The lowest BCUT2D eigenvalue weighted by Gasteiger charge is -2.29. The topological polar surface area (TPSA) is 17.4 Å². The standard InChI is InChI=1S/C30H26N2O/c1-3-7-25-21(5-1)9-15-27-28-16-10-22-6-2-4-8-26(22)30(28)32(29(25)27)24-13-11-23(12-14-24)31-17-19-33-20-18-31/h1-9,11-15H,10,16-20H2. The van der Waals surface area contributed by atoms with Crippen molar-refractivity contribution < 1.29 is 4.74 Å². The predicted molar refractivity (Wildman–Crippen MR) is 137 cm³/mol. The van der Waals surface area contributed by atoms with Gasteiger partial charge in [0.05, 0.1) is 24.4 Å². The Morgan fingerprint density at radius 1 is 0.636 bits per heavy atom. The summed E-state index contributed by atoms with van der Waals surface area (Å²) < 4.78 is 8.06. The molecule has 33 heavy (non-hydrogen) atoms. The van der Waals surface area contributed by atoms with Crippen LogP contribution in [0.4, 0.5) is 5.69 Å². The van der Waals surface area contributed by atoms with Crippen molar-refractivity contribution >= 4 is 27.4 Å². The van der Waals surface area contributed by atoms with Crippen molar-refractivity contribution in [3.05, 3.63) is 96.1 Å². The quantitative estimate of drug-likeness (QED) is 0.323. The molecule has 0 spiro atoms. The third kappa shape index (κ3) is 2.93. The van der Waals surface area contributed by atoms with E-state index in [1.54, 1.807) is 0 Å². The second-order valence-corrected chi connectivity index (χ2v) is 9.12. The number of hydrogen-bond acceptors (Lipinski definition) is 2. The molecule has 0 saturated carbocycles. The van der Waals surface area contributed by atoms with Crippen LogP contribution in [0.1, 0.15) is 11.1 Å². The second kappa shape index (κ2) is 7.50. The van der Waals surface area contributed by atoms with Crippen LogP contribution in [0.5, 0.6) is 0 Å². The highest BCUT2D eigenvalue weighted by Crippen LogP contribution is 2.44. The molecule has 3 nitrogen and oxygen atoms in total. The maximum Gasteiger partial charge on any atom is 0.0642 e. The summed E-state index contributed by atoms with van der Waals surface area (Å²) in [7, 11) is 0. The summed E-state index contributed by atoms with van der Waals surface area (Å²) in [4.78, 5) is 2.42. The van der Waals surface area contributed by atoms with E-state index >= 15 is 0 Å². The fourth-order valence-corrected chi connectivity index (χ4v) is 5.77. The number of morpholine rings is 1. The van der Waals surface area contributed by atoms with Crippen molar-refractivity contribution in [2.24, 2.45) is 0 Å². The Morgan fingerprint density at radius 2 is 1.39 bits per heavy atom. The fraction of sp³-hybridized carbons (Fsp3) is 0.200. The molecule has 1 saturated heterocycles. The number of hydrogen-bond donors (Lipinski definition) is 0. The molecule has 0 unspecified atom stereocenters. The Bertz CT molecular complexity index is 1490. The van der Waals surface area contributed by atoms with Crippen LogP contribution in [-0.2, 0) is 17.6 Å². The third-order valence-corrected chi connectivity index (χ3v) is 7.36. The SMILES string of the molecule is c1ccc2c(c1)CCc1c-2n(-c2ccc(N3CCOCC3)cc2)c2c1ccc1ccccc12. The van der Waals surface area contributed by atoms with E-state index in [0.29, 0.717) is 0 Å². The van der Waals surface area contributed by atoms with Gasteiger partial charge >= 0.3 is 0 Å². The van der Waals surface area contributed by atoms with Crippen LogP contribution in [0.2, 0.25) is 0 Å². The minimum absolute atomic E-state index is 0.806. The summed E-state index contributed by atoms with van der Waals surface area (Å²) in [6, 6.07) is 31.5. The number of fused-ring (bicyclic) bond motifs is 7. The molecule has 162 valence electrons. The van der Waals surface area contributed by atoms with Gasteiger partial charge in [0, 0.05) is 40.8 Å². The van der Waals surface area contributed by atoms with Crippen LogP contribution in [-0.4, -0.2) is 30.9 Å². The van der Waals surface area contributed by atoms with E-state index in [2.05, 4.69) is 94.4 Å². The Morgan fingerprint density at radius 3 is 2.27 bits per heavy atom. The molecule has 0 amide bonds. The number of ether oxygens (including phenoxy) is 1. The molecule has 0 N–H and O–H groups in total. The molecule has 3 heteroatoms. The van der Waals surface area contributed by atoms with E-state index in [1.807, 2.05) is 0 Å². The van der Waals surface area contributed by atoms with Gasteiger partial charge in [0.2, 0.25) is 0 Å². The van der Waals surface area contributed by atoms with Crippen molar-refractivity contribution in [2.75, 3.05) is 31.2 Å². The zero-order valence-corrected chi connectivity index (χ0v) is 18.6. The number of aryl methyl sites for hydroxylation is 2. The lowest BCUT2D eigenvalue weighted by atomic mass is 9.89. The minimum atomic E-state index is 0.806. The van der Waals surface area contributed by atoms with Crippen LogP contribution in [0, 0.1) is 0 Å². The average molecular weight is 431 g/mol. The zero-order valence-electron chi connectivity index (χ0n) is 18.6. The van der Waals surface area contributed by atoms with E-state index < -0.39 is 0 Å². The first-order valence-corrected chi connectivity index (χ1v) is 11.9. The number of benzene rings is 4. The van der Waals surface area contributed by atoms with E-state index in [4.69, 9.17) is 4.74 Å². The van der Waals surface area contributed by atoms with Crippen LogP contribution < -0.4 is 4.90 Å². The van der Waals surface area contributed by atoms with Crippen LogP contribution in [0.25, 0.3) is 38.6 Å². The Kier molecular flexibility index (Phi) is 4.31. The number of rotatable bonds is 2. The molecule has 5 aromatic rings. The summed E-state index contributed by atoms with van der Waals surface area (Å²) >= 11 is 0. The highest BCUT2D eigenvalue weighted by molar-refractivity contribution is 6.10. The molecule has 0 radical (unpaired) electrons. The normalized spacial score (nSPS) is 15.6. The van der Waals surface area contributed by atoms with Crippen LogP contribution in [0.15, 0.2) is 84.9 Å². The van der Waals surface area contributed by atoms with Gasteiger partial charge in [0.15, 0.2) is 0 Å². The average Bonchev–Trinajstić information content (AvgIpc) is 3.25. The van der Waals surface area contributed by atoms with Crippen LogP contribution >= 0.6 is 0 Å². The first-order valence-electron chi connectivity index (χ1n) is 11.9. The predicted octanol–water partition coefficient (Wildman–Crippen LogP) is 6.39. The van der Waals surface area contributed by atoms with Gasteiger partial charge in [0.25, 0.3) is 0 Å². The number of anilines is 1. The molecule has 1 fully saturated rings. The van der Waals surface area contributed by atoms with Gasteiger partial charge in [0.1, 0.15) is 0 Å². The van der Waals surface area contributed by atoms with Gasteiger partial charge in [-0.2, -0.15) is 0 Å². The smallest absolute Gasteiger partial charge is 0.0642 e. The van der Waals surface area contributed by atoms with Gasteiger partial charge in [-0.3, -0.25) is 0 Å². The Balaban J connectivity index is 1.51. The summed E-state index contributed by atoms with van der Waals surface area (Å²) in [5.41, 5.74) is 9.49. The van der Waals surface area contributed by atoms with Gasteiger partial charge in [-0.25, -0.2) is 0 Å². The maximum atomic E-state index is 5.54. The van der Waals surface area contributed by atoms with Gasteiger partial charge < -0.3 is 14.2 Å². The number of aromatic nitrogens is 1. The summed E-state index contributed by atoms with van der Waals surface area (Å²) in [5.74, 6) is 0. The molecule has 2 aliphatic rings. The fourth-order valence-electron chi connectivity index (χ4n) is 5.77. The van der Waals surface area contributed by atoms with E-state index in [0.717, 1.165) is 39.1 Å². The minimum Gasteiger partial charge on any atom is -0.378 e. The molecule has 1 aromatic heterocycles. The van der Waals surface area contributed by atoms with Gasteiger partial charge in [-0.05, 0) is 53.6 Å². The highest BCUT2D eigenvalue weighted by atomic mass is 16.5. The van der Waals surface area contributed by atoms with Crippen molar-refractivity contribution in [3.63, 3.8) is 0 Å². The van der Waals surface area contributed by atoms with E-state index in [9.17, 15) is 0 Å². The van der Waals surface area contributed by atoms with E-state index in [1.165, 1.54) is 55.4 Å². The molecule has 2 heterocycles. The lowest BCUT2D eigenvalue weighted by Crippen LogP contribution is -2.36. The van der Waals surface area contributed by atoms with E-state index in [-0.39, 0.29) is 0 Å². The summed E-state index contributed by atoms with van der Waals surface area (Å²) in [6.45, 7) is 3.53. The van der Waals surface area contributed by atoms with Crippen molar-refractivity contribution in [3.8, 4) is 16.9 Å². The first kappa shape index (κ1) is 19.0. The molecular weight excluding hydrogens is 404 g/mol. The van der Waals surface area contributed by atoms with Gasteiger partial charge in [-0.1, -0.05) is 60.7 Å². The van der Waals surface area contributed by atoms with Crippen molar-refractivity contribution in [1.29, 1.82) is 0 Å². The first-order chi connectivity index (χ1) is 16.4. The molecule has 1 aliphatic heterocycles. The summed E-state index contributed by atoms with van der Waals surface area (Å²) in [5, 5.41) is 3.99. The third-order valence-electron chi connectivity index (χ3n) is 7.36. The molecule has 4 aromatic carbocycles. The maximum absolute atomic E-state index is 5.54. The largest absolute Gasteiger partial charge is 0.378 e. The van der Waals surface area contributed by atoms with Crippen molar-refractivity contribution in [2.45, 2.75) is 12.8 Å². The van der Waals surface area contributed by atoms with Crippen molar-refractivity contribution in [1.82, 2.24) is 4.57 Å². The molecule has 7 rings (SSSR count). The molecule has 1 aliphatic carbocycles. The van der Waals surface area contributed by atoms with Crippen LogP contribution in [0.3, 0.4) is 0 Å². The zero-order chi connectivity index (χ0) is 21.8. The lowest BCUT2D eigenvalue weighted by molar-refractivity contribution is 0.122. The van der Waals surface area contributed by atoms with Gasteiger partial charge in [-0.15, -0.1) is 0 Å². The highest BCUT2D eigenvalue weighted by Gasteiger charge is 2.26. The monoisotopic (exact) mass is 430 g/mol. The Labute approximate surface area is 193 Å². The number of nitrogens with zero attached hydrogens (tertiary/aromatic N) is 2. The second-order valence-electron chi connectivity index (χ2n) is 9.12. The summed E-state index contributed by atoms with van der Waals surface area (Å²) in [6.07, 6.45) is 2.19. The molecule has 0 atom stereocenters. The molecule has 0 bridgehead atoms.